The molecule has 114 valence electrons. The Morgan fingerprint density at radius 3 is 2.78 bits per heavy atom. The predicted octanol–water partition coefficient (Wildman–Crippen LogP) is 3.78. The second kappa shape index (κ2) is 5.73. The molecule has 1 aromatic carbocycles. The molecule has 0 saturated carbocycles. The van der Waals surface area contributed by atoms with Crippen LogP contribution in [0, 0.1) is 0 Å². The minimum Gasteiger partial charge on any atom is -0.508 e. The van der Waals surface area contributed by atoms with Crippen molar-refractivity contribution >= 4 is 22.8 Å². The summed E-state index contributed by atoms with van der Waals surface area (Å²) in [6.07, 6.45) is 5.47. The molecule has 0 amide bonds. The zero-order valence-electron chi connectivity index (χ0n) is 12.2. The number of aromatic hydroxyl groups is 1. The topological polar surface area (TPSA) is 62.5 Å². The molecule has 0 atom stereocenters. The summed E-state index contributed by atoms with van der Waals surface area (Å²) >= 11 is 1.71. The van der Waals surface area contributed by atoms with Crippen molar-refractivity contribution < 1.29 is 5.11 Å². The van der Waals surface area contributed by atoms with Gasteiger partial charge in [0.05, 0.1) is 18.4 Å². The normalized spacial score (nSPS) is 11.0. The van der Waals surface area contributed by atoms with Crippen molar-refractivity contribution in [2.75, 3.05) is 5.32 Å². The zero-order valence-corrected chi connectivity index (χ0v) is 13.0. The third-order valence-electron chi connectivity index (χ3n) is 3.60. The monoisotopic (exact) mass is 322 g/mol. The smallest absolute Gasteiger partial charge is 0.180 e. The maximum Gasteiger partial charge on any atom is 0.180 e. The maximum atomic E-state index is 9.43. The molecule has 0 radical (unpaired) electrons. The summed E-state index contributed by atoms with van der Waals surface area (Å²) < 4.78 is 2.00. The minimum atomic E-state index is 0.252. The van der Waals surface area contributed by atoms with E-state index in [-0.39, 0.29) is 5.75 Å². The molecule has 4 rings (SSSR count). The summed E-state index contributed by atoms with van der Waals surface area (Å²) in [7, 11) is 0. The van der Waals surface area contributed by atoms with E-state index in [1.54, 1.807) is 29.7 Å². The molecule has 0 aliphatic carbocycles. The average molecular weight is 322 g/mol. The van der Waals surface area contributed by atoms with Gasteiger partial charge in [-0.3, -0.25) is 4.40 Å². The summed E-state index contributed by atoms with van der Waals surface area (Å²) in [4.78, 5) is 10.1. The van der Waals surface area contributed by atoms with Gasteiger partial charge in [-0.1, -0.05) is 6.07 Å². The van der Waals surface area contributed by atoms with Crippen LogP contribution in [0.5, 0.6) is 5.75 Å². The molecule has 0 bridgehead atoms. The van der Waals surface area contributed by atoms with E-state index < -0.39 is 0 Å². The Bertz CT molecular complexity index is 929. The molecule has 3 aromatic heterocycles. The fourth-order valence-corrected chi connectivity index (χ4v) is 3.12. The van der Waals surface area contributed by atoms with E-state index in [1.165, 1.54) is 4.88 Å². The Labute approximate surface area is 136 Å². The fourth-order valence-electron chi connectivity index (χ4n) is 2.47. The van der Waals surface area contributed by atoms with Gasteiger partial charge in [-0.25, -0.2) is 9.97 Å². The number of hydrogen-bond acceptors (Lipinski definition) is 5. The van der Waals surface area contributed by atoms with Crippen molar-refractivity contribution in [3.63, 3.8) is 0 Å². The van der Waals surface area contributed by atoms with Crippen LogP contribution in [0.2, 0.25) is 0 Å². The number of nitrogens with zero attached hydrogens (tertiary/aromatic N) is 3. The molecule has 3 heterocycles. The number of benzene rings is 1. The van der Waals surface area contributed by atoms with Crippen molar-refractivity contribution in [3.8, 4) is 17.0 Å². The molecule has 5 nitrogen and oxygen atoms in total. The standard InChI is InChI=1S/C17H14N4OS/c22-13-5-3-12(4-6-13)15-11-20-17-16(18-7-8-21(15)17)19-10-14-2-1-9-23-14/h1-9,11,22H,10H2,(H,18,19). The van der Waals surface area contributed by atoms with Crippen LogP contribution in [0.25, 0.3) is 16.9 Å². The molecule has 23 heavy (non-hydrogen) atoms. The van der Waals surface area contributed by atoms with Gasteiger partial charge >= 0.3 is 0 Å². The van der Waals surface area contributed by atoms with E-state index in [4.69, 9.17) is 0 Å². The molecule has 0 aliphatic heterocycles. The zero-order chi connectivity index (χ0) is 15.6. The molecule has 0 saturated heterocycles. The van der Waals surface area contributed by atoms with Crippen molar-refractivity contribution in [1.82, 2.24) is 14.4 Å². The van der Waals surface area contributed by atoms with E-state index in [1.807, 2.05) is 35.0 Å². The average Bonchev–Trinajstić information content (AvgIpc) is 3.23. The van der Waals surface area contributed by atoms with Crippen LogP contribution in [0.15, 0.2) is 60.4 Å². The number of fused-ring (bicyclic) bond motifs is 1. The molecule has 4 aromatic rings. The van der Waals surface area contributed by atoms with Crippen molar-refractivity contribution in [1.29, 1.82) is 0 Å². The fraction of sp³-hybridized carbons (Fsp3) is 0.0588. The number of hydrogen-bond donors (Lipinski definition) is 2. The lowest BCUT2D eigenvalue weighted by atomic mass is 10.1. The van der Waals surface area contributed by atoms with Gasteiger partial charge < -0.3 is 10.4 Å². The molecule has 0 spiro atoms. The Hall–Kier alpha value is -2.86. The lowest BCUT2D eigenvalue weighted by Crippen LogP contribution is -2.02. The van der Waals surface area contributed by atoms with Crippen molar-refractivity contribution in [2.45, 2.75) is 6.54 Å². The second-order valence-corrected chi connectivity index (χ2v) is 6.12. The second-order valence-electron chi connectivity index (χ2n) is 5.09. The highest BCUT2D eigenvalue weighted by Crippen LogP contribution is 2.25. The molecular weight excluding hydrogens is 308 g/mol. The van der Waals surface area contributed by atoms with Gasteiger partial charge in [0.1, 0.15) is 5.75 Å². The van der Waals surface area contributed by atoms with Gasteiger partial charge in [-0.2, -0.15) is 0 Å². The Morgan fingerprint density at radius 1 is 1.13 bits per heavy atom. The lowest BCUT2D eigenvalue weighted by molar-refractivity contribution is 0.475. The molecule has 6 heteroatoms. The quantitative estimate of drug-likeness (QED) is 0.600. The van der Waals surface area contributed by atoms with Crippen LogP contribution in [0.4, 0.5) is 5.82 Å². The summed E-state index contributed by atoms with van der Waals surface area (Å²) in [5.74, 6) is 1.01. The van der Waals surface area contributed by atoms with E-state index >= 15 is 0 Å². The number of imidazole rings is 1. The van der Waals surface area contributed by atoms with Crippen LogP contribution in [0.1, 0.15) is 4.88 Å². The van der Waals surface area contributed by atoms with E-state index in [0.29, 0.717) is 0 Å². The van der Waals surface area contributed by atoms with Crippen LogP contribution in [-0.4, -0.2) is 19.5 Å². The Kier molecular flexibility index (Phi) is 3.44. The maximum absolute atomic E-state index is 9.43. The summed E-state index contributed by atoms with van der Waals surface area (Å²) in [5, 5.41) is 14.8. The molecular formula is C17H14N4OS. The van der Waals surface area contributed by atoms with Crippen molar-refractivity contribution in [3.05, 3.63) is 65.2 Å². The van der Waals surface area contributed by atoms with Gasteiger partial charge in [0.2, 0.25) is 0 Å². The predicted molar refractivity (Wildman–Crippen MR) is 91.7 cm³/mol. The number of phenolic OH excluding ortho intramolecular Hbond substituents is 1. The van der Waals surface area contributed by atoms with Gasteiger partial charge in [-0.05, 0) is 35.7 Å². The highest BCUT2D eigenvalue weighted by molar-refractivity contribution is 7.09. The molecule has 2 N–H and O–H groups in total. The summed E-state index contributed by atoms with van der Waals surface area (Å²) in [6, 6.07) is 11.2. The Balaban J connectivity index is 1.70. The number of aromatic nitrogens is 3. The van der Waals surface area contributed by atoms with Crippen LogP contribution >= 0.6 is 11.3 Å². The minimum absolute atomic E-state index is 0.252. The van der Waals surface area contributed by atoms with Gasteiger partial charge in [0.25, 0.3) is 0 Å². The van der Waals surface area contributed by atoms with Crippen LogP contribution in [0.3, 0.4) is 0 Å². The summed E-state index contributed by atoms with van der Waals surface area (Å²) in [5.41, 5.74) is 2.74. The number of phenols is 1. The largest absolute Gasteiger partial charge is 0.508 e. The molecule has 0 aliphatic rings. The number of anilines is 1. The highest BCUT2D eigenvalue weighted by Gasteiger charge is 2.10. The van der Waals surface area contributed by atoms with Gasteiger partial charge in [-0.15, -0.1) is 11.3 Å². The SMILES string of the molecule is Oc1ccc(-c2cnc3c(NCc4cccs4)nccn23)cc1. The molecule has 0 fully saturated rings. The van der Waals surface area contributed by atoms with Crippen LogP contribution in [-0.2, 0) is 6.54 Å². The number of thiophene rings is 1. The first kappa shape index (κ1) is 13.8. The first-order valence-corrected chi connectivity index (χ1v) is 8.07. The van der Waals surface area contributed by atoms with E-state index in [2.05, 4.69) is 26.7 Å². The molecule has 0 unspecified atom stereocenters. The van der Waals surface area contributed by atoms with Gasteiger partial charge in [0, 0.05) is 22.8 Å². The highest BCUT2D eigenvalue weighted by atomic mass is 32.1. The first-order valence-electron chi connectivity index (χ1n) is 7.19. The third-order valence-corrected chi connectivity index (χ3v) is 4.48. The number of nitrogens with one attached hydrogen (secondary N) is 1. The third kappa shape index (κ3) is 2.64. The Morgan fingerprint density at radius 2 is 2.00 bits per heavy atom. The van der Waals surface area contributed by atoms with Crippen LogP contribution < -0.4 is 5.32 Å². The van der Waals surface area contributed by atoms with E-state index in [0.717, 1.165) is 29.3 Å². The number of rotatable bonds is 4. The van der Waals surface area contributed by atoms with Crippen molar-refractivity contribution in [2.24, 2.45) is 0 Å². The first-order chi connectivity index (χ1) is 11.3. The lowest BCUT2D eigenvalue weighted by Gasteiger charge is -2.07. The van der Waals surface area contributed by atoms with Gasteiger partial charge in [0.15, 0.2) is 11.5 Å². The summed E-state index contributed by atoms with van der Waals surface area (Å²) in [6.45, 7) is 0.728. The van der Waals surface area contributed by atoms with E-state index in [9.17, 15) is 5.11 Å².